The molecule has 0 radical (unpaired) electrons. The van der Waals surface area contributed by atoms with Crippen molar-refractivity contribution in [1.82, 2.24) is 0 Å². The van der Waals surface area contributed by atoms with E-state index in [1.54, 1.807) is 44.9 Å². The molecule has 4 aliphatic rings. The molecular weight excluding hydrogens is 240 g/mol. The van der Waals surface area contributed by atoms with Gasteiger partial charge in [-0.1, -0.05) is 33.6 Å². The first kappa shape index (κ1) is 13.6. The number of hydrogen-bond acceptors (Lipinski definition) is 0. The second-order valence-electron chi connectivity index (χ2n) is 9.62. The van der Waals surface area contributed by atoms with Gasteiger partial charge in [-0.2, -0.15) is 0 Å². The van der Waals surface area contributed by atoms with Crippen molar-refractivity contribution in [1.29, 1.82) is 0 Å². The smallest absolute Gasteiger partial charge is 0.0266 e. The summed E-state index contributed by atoms with van der Waals surface area (Å²) >= 11 is 0. The molecule has 0 aliphatic heterocycles. The third kappa shape index (κ3) is 1.78. The van der Waals surface area contributed by atoms with Crippen LogP contribution < -0.4 is 0 Å². The zero-order chi connectivity index (χ0) is 14.0. The Morgan fingerprint density at radius 2 is 1.65 bits per heavy atom. The van der Waals surface area contributed by atoms with Gasteiger partial charge in [-0.15, -0.1) is 0 Å². The van der Waals surface area contributed by atoms with Gasteiger partial charge in [0.2, 0.25) is 0 Å². The van der Waals surface area contributed by atoms with E-state index in [9.17, 15) is 0 Å². The molecule has 0 heterocycles. The van der Waals surface area contributed by atoms with Gasteiger partial charge in [0.25, 0.3) is 0 Å². The molecule has 4 fully saturated rings. The first-order chi connectivity index (χ1) is 9.53. The molecule has 0 nitrogen and oxygen atoms in total. The molecule has 0 saturated heterocycles. The topological polar surface area (TPSA) is 0 Å². The third-order valence-corrected chi connectivity index (χ3v) is 8.71. The van der Waals surface area contributed by atoms with Crippen LogP contribution in [0.3, 0.4) is 0 Å². The Hall–Kier alpha value is 0. The highest BCUT2D eigenvalue weighted by Crippen LogP contribution is 2.66. The highest BCUT2D eigenvalue weighted by atomic mass is 14.6. The van der Waals surface area contributed by atoms with E-state index in [2.05, 4.69) is 20.8 Å². The second kappa shape index (κ2) is 4.50. The fourth-order valence-corrected chi connectivity index (χ4v) is 7.47. The van der Waals surface area contributed by atoms with Crippen molar-refractivity contribution in [3.05, 3.63) is 0 Å². The van der Waals surface area contributed by atoms with E-state index < -0.39 is 0 Å². The summed E-state index contributed by atoms with van der Waals surface area (Å²) in [5, 5.41) is 0. The molecule has 114 valence electrons. The molecule has 4 rings (SSSR count). The molecule has 0 amide bonds. The number of fused-ring (bicyclic) bond motifs is 5. The third-order valence-electron chi connectivity index (χ3n) is 8.71. The maximum Gasteiger partial charge on any atom is -0.0266 e. The zero-order valence-electron chi connectivity index (χ0n) is 14.0. The van der Waals surface area contributed by atoms with Crippen LogP contribution in [-0.2, 0) is 0 Å². The van der Waals surface area contributed by atoms with Crippen LogP contribution in [0.5, 0.6) is 0 Å². The van der Waals surface area contributed by atoms with E-state index >= 15 is 0 Å². The van der Waals surface area contributed by atoms with Crippen molar-refractivity contribution in [2.24, 2.45) is 40.4 Å². The normalized spacial score (nSPS) is 58.6. The van der Waals surface area contributed by atoms with Crippen LogP contribution in [0.2, 0.25) is 0 Å². The molecule has 0 heteroatoms. The summed E-state index contributed by atoms with van der Waals surface area (Å²) in [5.74, 6) is 5.36. The first-order valence-electron chi connectivity index (χ1n) is 9.53. The van der Waals surface area contributed by atoms with Gasteiger partial charge in [-0.05, 0) is 91.8 Å². The molecule has 0 aromatic rings. The molecule has 7 atom stereocenters. The molecule has 0 N–H and O–H groups in total. The molecule has 0 bridgehead atoms. The monoisotopic (exact) mass is 274 g/mol. The summed E-state index contributed by atoms with van der Waals surface area (Å²) in [6, 6.07) is 0. The Morgan fingerprint density at radius 1 is 0.800 bits per heavy atom. The largest absolute Gasteiger partial charge is 0.0625 e. The van der Waals surface area contributed by atoms with Crippen molar-refractivity contribution in [2.45, 2.75) is 85.0 Å². The molecular formula is C20H34. The van der Waals surface area contributed by atoms with E-state index in [1.807, 2.05) is 0 Å². The van der Waals surface area contributed by atoms with Crippen LogP contribution in [0.4, 0.5) is 0 Å². The zero-order valence-corrected chi connectivity index (χ0v) is 14.0. The summed E-state index contributed by atoms with van der Waals surface area (Å²) in [6.07, 6.45) is 15.5. The van der Waals surface area contributed by atoms with Crippen molar-refractivity contribution < 1.29 is 0 Å². The molecule has 20 heavy (non-hydrogen) atoms. The van der Waals surface area contributed by atoms with Gasteiger partial charge in [0.15, 0.2) is 0 Å². The molecule has 4 aliphatic carbocycles. The van der Waals surface area contributed by atoms with Gasteiger partial charge in [0.05, 0.1) is 0 Å². The van der Waals surface area contributed by atoms with Crippen molar-refractivity contribution in [3.63, 3.8) is 0 Å². The molecule has 4 saturated carbocycles. The van der Waals surface area contributed by atoms with Crippen LogP contribution in [0.15, 0.2) is 0 Å². The van der Waals surface area contributed by atoms with Crippen molar-refractivity contribution in [3.8, 4) is 0 Å². The first-order valence-corrected chi connectivity index (χ1v) is 9.53. The molecule has 0 aromatic heterocycles. The summed E-state index contributed by atoms with van der Waals surface area (Å²) in [6.45, 7) is 7.84. The van der Waals surface area contributed by atoms with Crippen LogP contribution in [0, 0.1) is 40.4 Å². The lowest BCUT2D eigenvalue weighted by Crippen LogP contribution is -2.52. The maximum absolute atomic E-state index is 2.71. The lowest BCUT2D eigenvalue weighted by atomic mass is 9.45. The van der Waals surface area contributed by atoms with Crippen LogP contribution in [-0.4, -0.2) is 0 Å². The minimum Gasteiger partial charge on any atom is -0.0625 e. The second-order valence-corrected chi connectivity index (χ2v) is 9.62. The predicted octanol–water partition coefficient (Wildman–Crippen LogP) is 6.06. The Labute approximate surface area is 126 Å². The highest BCUT2D eigenvalue weighted by molar-refractivity contribution is 5.07. The van der Waals surface area contributed by atoms with E-state index in [-0.39, 0.29) is 0 Å². The Bertz CT molecular complexity index is 385. The SMILES string of the molecule is CC1CCC2(C)C(CCC3C4CCCC4(C)CCC32)C1. The highest BCUT2D eigenvalue weighted by Gasteiger charge is 2.57. The summed E-state index contributed by atoms with van der Waals surface area (Å²) < 4.78 is 0. The Morgan fingerprint density at radius 3 is 2.50 bits per heavy atom. The summed E-state index contributed by atoms with van der Waals surface area (Å²) in [5.41, 5.74) is 1.46. The van der Waals surface area contributed by atoms with Gasteiger partial charge in [-0.25, -0.2) is 0 Å². The molecule has 7 unspecified atom stereocenters. The van der Waals surface area contributed by atoms with Crippen LogP contribution in [0.25, 0.3) is 0 Å². The van der Waals surface area contributed by atoms with Gasteiger partial charge < -0.3 is 0 Å². The van der Waals surface area contributed by atoms with Crippen LogP contribution >= 0.6 is 0 Å². The standard InChI is InChI=1S/C20H34/c1-14-8-12-20(3)15(13-14)6-7-16-17-5-4-10-19(17,2)11-9-18(16)20/h14-18H,4-13H2,1-3H3. The average molecular weight is 274 g/mol. The number of hydrogen-bond donors (Lipinski definition) is 0. The Balaban J connectivity index is 1.62. The fourth-order valence-electron chi connectivity index (χ4n) is 7.47. The Kier molecular flexibility index (Phi) is 3.07. The van der Waals surface area contributed by atoms with Gasteiger partial charge in [0.1, 0.15) is 0 Å². The quantitative estimate of drug-likeness (QED) is 0.504. The summed E-state index contributed by atoms with van der Waals surface area (Å²) in [7, 11) is 0. The summed E-state index contributed by atoms with van der Waals surface area (Å²) in [4.78, 5) is 0. The van der Waals surface area contributed by atoms with E-state index in [4.69, 9.17) is 0 Å². The van der Waals surface area contributed by atoms with Crippen LogP contribution in [0.1, 0.15) is 85.0 Å². The average Bonchev–Trinajstić information content (AvgIpc) is 2.81. The van der Waals surface area contributed by atoms with Crippen molar-refractivity contribution in [2.75, 3.05) is 0 Å². The van der Waals surface area contributed by atoms with E-state index in [0.29, 0.717) is 0 Å². The van der Waals surface area contributed by atoms with E-state index in [1.165, 1.54) is 19.3 Å². The van der Waals surface area contributed by atoms with Gasteiger partial charge in [0, 0.05) is 0 Å². The molecule has 0 spiro atoms. The van der Waals surface area contributed by atoms with Gasteiger partial charge >= 0.3 is 0 Å². The lowest BCUT2D eigenvalue weighted by Gasteiger charge is -2.60. The predicted molar refractivity (Wildman–Crippen MR) is 85.5 cm³/mol. The fraction of sp³-hybridized carbons (Fsp3) is 1.00. The lowest BCUT2D eigenvalue weighted by molar-refractivity contribution is -0.110. The minimum absolute atomic E-state index is 0.722. The minimum atomic E-state index is 0.722. The molecule has 0 aromatic carbocycles. The van der Waals surface area contributed by atoms with E-state index in [0.717, 1.165) is 40.4 Å². The maximum atomic E-state index is 2.71. The van der Waals surface area contributed by atoms with Crippen molar-refractivity contribution >= 4 is 0 Å². The van der Waals surface area contributed by atoms with Gasteiger partial charge in [-0.3, -0.25) is 0 Å². The number of rotatable bonds is 0.